The van der Waals surface area contributed by atoms with Crippen molar-refractivity contribution in [1.29, 1.82) is 0 Å². The van der Waals surface area contributed by atoms with Crippen molar-refractivity contribution >= 4 is 17.7 Å². The second-order valence-electron chi connectivity index (χ2n) is 9.19. The molecule has 0 saturated carbocycles. The summed E-state index contributed by atoms with van der Waals surface area (Å²) in [6.45, 7) is 0.144. The van der Waals surface area contributed by atoms with Gasteiger partial charge in [0.05, 0.1) is 11.6 Å². The van der Waals surface area contributed by atoms with Crippen molar-refractivity contribution in [2.75, 3.05) is 13.2 Å². The Morgan fingerprint density at radius 1 is 0.821 bits per heavy atom. The van der Waals surface area contributed by atoms with Crippen molar-refractivity contribution in [3.8, 4) is 11.1 Å². The van der Waals surface area contributed by atoms with Gasteiger partial charge in [-0.2, -0.15) is 0 Å². The van der Waals surface area contributed by atoms with Crippen LogP contribution in [0.25, 0.3) is 21.6 Å². The number of ether oxygens (including phenoxy) is 2. The minimum absolute atomic E-state index is 0.0456. The molecule has 1 N–H and O–H groups in total. The summed E-state index contributed by atoms with van der Waals surface area (Å²) in [5, 5.41) is 6.38. The number of benzene rings is 4. The highest BCUT2D eigenvalue weighted by Crippen LogP contribution is 2.44. The van der Waals surface area contributed by atoms with Crippen LogP contribution in [0.4, 0.5) is 10.5 Å². The van der Waals surface area contributed by atoms with Gasteiger partial charge in [-0.1, -0.05) is 96.1 Å². The number of amides is 1. The summed E-state index contributed by atoms with van der Waals surface area (Å²) in [5.74, 6) is -0.600. The summed E-state index contributed by atoms with van der Waals surface area (Å²) in [6, 6.07) is 31.6. The van der Waals surface area contributed by atoms with Crippen molar-refractivity contribution < 1.29 is 19.1 Å². The zero-order chi connectivity index (χ0) is 27.0. The highest BCUT2D eigenvalue weighted by Gasteiger charge is 2.29. The van der Waals surface area contributed by atoms with Gasteiger partial charge in [-0.15, -0.1) is 0 Å². The summed E-state index contributed by atoms with van der Waals surface area (Å²) in [4.78, 5) is 28.3. The molecule has 0 saturated heterocycles. The standard InChI is InChI=1S/C31H26N4O4/c32-35-34-23-16-14-22(15-17-23)30(36)38-19-24(18-21-8-2-1-3-9-21)33-31(37)39-20-29-27-12-6-4-10-25(27)26-11-5-7-13-28(26)29/h1-17,24,29H,18-20H2,(H,33,37). The van der Waals surface area contributed by atoms with E-state index in [0.717, 1.165) is 27.8 Å². The number of nitrogens with one attached hydrogen (secondary N) is 1. The smallest absolute Gasteiger partial charge is 0.407 e. The maximum atomic E-state index is 12.9. The fourth-order valence-electron chi connectivity index (χ4n) is 4.83. The molecule has 0 spiro atoms. The molecule has 0 bridgehead atoms. The zero-order valence-electron chi connectivity index (χ0n) is 21.1. The second-order valence-corrected chi connectivity index (χ2v) is 9.19. The molecule has 1 unspecified atom stereocenters. The van der Waals surface area contributed by atoms with E-state index in [4.69, 9.17) is 15.0 Å². The number of fused-ring (bicyclic) bond motifs is 3. The SMILES string of the molecule is [N-]=[N+]=Nc1ccc(C(=O)OCC(Cc2ccccc2)NC(=O)OCC2c3ccccc3-c3ccccc32)cc1. The highest BCUT2D eigenvalue weighted by molar-refractivity contribution is 5.89. The average molecular weight is 519 g/mol. The summed E-state index contributed by atoms with van der Waals surface area (Å²) in [6.07, 6.45) is -0.124. The van der Waals surface area contributed by atoms with Gasteiger partial charge in [0.1, 0.15) is 13.2 Å². The number of azide groups is 1. The summed E-state index contributed by atoms with van der Waals surface area (Å²) in [7, 11) is 0. The Morgan fingerprint density at radius 2 is 1.44 bits per heavy atom. The Hall–Kier alpha value is -5.07. The molecule has 1 atom stereocenters. The van der Waals surface area contributed by atoms with Crippen molar-refractivity contribution in [2.24, 2.45) is 5.11 Å². The molecule has 194 valence electrons. The molecule has 39 heavy (non-hydrogen) atoms. The van der Waals surface area contributed by atoms with Gasteiger partial charge in [0.2, 0.25) is 0 Å². The molecule has 0 aliphatic heterocycles. The Labute approximate surface area is 225 Å². The van der Waals surface area contributed by atoms with Gasteiger partial charge in [-0.3, -0.25) is 0 Å². The van der Waals surface area contributed by atoms with Crippen LogP contribution in [0.2, 0.25) is 0 Å². The number of carbonyl (C=O) groups excluding carboxylic acids is 2. The van der Waals surface area contributed by atoms with E-state index in [2.05, 4.69) is 39.6 Å². The quantitative estimate of drug-likeness (QED) is 0.112. The highest BCUT2D eigenvalue weighted by atomic mass is 16.6. The first-order valence-electron chi connectivity index (χ1n) is 12.6. The Balaban J connectivity index is 1.23. The topological polar surface area (TPSA) is 113 Å². The third kappa shape index (κ3) is 6.09. The molecule has 1 amide bonds. The summed E-state index contributed by atoms with van der Waals surface area (Å²) in [5.41, 5.74) is 14.8. The number of hydrogen-bond acceptors (Lipinski definition) is 5. The first-order chi connectivity index (χ1) is 19.1. The van der Waals surface area contributed by atoms with Crippen LogP contribution in [0.3, 0.4) is 0 Å². The van der Waals surface area contributed by atoms with E-state index in [1.165, 1.54) is 24.3 Å². The van der Waals surface area contributed by atoms with E-state index >= 15 is 0 Å². The molecule has 0 fully saturated rings. The average Bonchev–Trinajstić information content (AvgIpc) is 3.29. The lowest BCUT2D eigenvalue weighted by molar-refractivity contribution is 0.0457. The molecule has 0 radical (unpaired) electrons. The lowest BCUT2D eigenvalue weighted by Crippen LogP contribution is -2.41. The molecule has 4 aromatic rings. The van der Waals surface area contributed by atoms with Crippen LogP contribution in [-0.4, -0.2) is 31.3 Å². The van der Waals surface area contributed by atoms with Crippen LogP contribution in [0.5, 0.6) is 0 Å². The number of alkyl carbamates (subject to hydrolysis) is 1. The predicted octanol–water partition coefficient (Wildman–Crippen LogP) is 6.94. The van der Waals surface area contributed by atoms with Crippen LogP contribution in [0.1, 0.15) is 33.0 Å². The van der Waals surface area contributed by atoms with Crippen LogP contribution >= 0.6 is 0 Å². The second kappa shape index (κ2) is 12.0. The molecule has 8 nitrogen and oxygen atoms in total. The fourth-order valence-corrected chi connectivity index (χ4v) is 4.83. The first-order valence-corrected chi connectivity index (χ1v) is 12.6. The normalized spacial score (nSPS) is 12.4. The van der Waals surface area contributed by atoms with Crippen LogP contribution in [0, 0.1) is 0 Å². The van der Waals surface area contributed by atoms with E-state index in [0.29, 0.717) is 17.7 Å². The monoisotopic (exact) mass is 518 g/mol. The fraction of sp³-hybridized carbons (Fsp3) is 0.161. The van der Waals surface area contributed by atoms with Crippen LogP contribution in [0.15, 0.2) is 108 Å². The van der Waals surface area contributed by atoms with E-state index in [-0.39, 0.29) is 19.1 Å². The number of nitrogens with zero attached hydrogens (tertiary/aromatic N) is 3. The number of rotatable bonds is 9. The van der Waals surface area contributed by atoms with Crippen molar-refractivity contribution in [1.82, 2.24) is 5.32 Å². The van der Waals surface area contributed by atoms with Crippen LogP contribution < -0.4 is 5.32 Å². The van der Waals surface area contributed by atoms with Gasteiger partial charge in [-0.25, -0.2) is 9.59 Å². The third-order valence-electron chi connectivity index (χ3n) is 6.67. The van der Waals surface area contributed by atoms with Gasteiger partial charge in [0.15, 0.2) is 0 Å². The maximum Gasteiger partial charge on any atom is 0.407 e. The minimum Gasteiger partial charge on any atom is -0.460 e. The molecular formula is C31H26N4O4. The third-order valence-corrected chi connectivity index (χ3v) is 6.67. The van der Waals surface area contributed by atoms with Gasteiger partial charge in [0, 0.05) is 16.5 Å². The summed E-state index contributed by atoms with van der Waals surface area (Å²) < 4.78 is 11.2. The van der Waals surface area contributed by atoms with Gasteiger partial charge < -0.3 is 14.8 Å². The lowest BCUT2D eigenvalue weighted by Gasteiger charge is -2.20. The van der Waals surface area contributed by atoms with E-state index in [1.807, 2.05) is 54.6 Å². The molecule has 1 aliphatic rings. The molecule has 0 aromatic heterocycles. The number of carbonyl (C=O) groups is 2. The van der Waals surface area contributed by atoms with Gasteiger partial charge >= 0.3 is 12.1 Å². The molecular weight excluding hydrogens is 492 g/mol. The maximum absolute atomic E-state index is 12.9. The minimum atomic E-state index is -0.576. The van der Waals surface area contributed by atoms with E-state index in [9.17, 15) is 9.59 Å². The number of hydrogen-bond donors (Lipinski definition) is 1. The Kier molecular flexibility index (Phi) is 7.86. The van der Waals surface area contributed by atoms with Gasteiger partial charge in [-0.05, 0) is 51.9 Å². The van der Waals surface area contributed by atoms with Crippen molar-refractivity contribution in [3.05, 3.63) is 136 Å². The molecule has 0 heterocycles. The van der Waals surface area contributed by atoms with Crippen molar-refractivity contribution in [3.63, 3.8) is 0 Å². The van der Waals surface area contributed by atoms with E-state index in [1.54, 1.807) is 0 Å². The molecule has 5 rings (SSSR count). The Bertz CT molecular complexity index is 1470. The lowest BCUT2D eigenvalue weighted by atomic mass is 9.98. The predicted molar refractivity (Wildman–Crippen MR) is 148 cm³/mol. The van der Waals surface area contributed by atoms with E-state index < -0.39 is 18.1 Å². The molecule has 8 heteroatoms. The van der Waals surface area contributed by atoms with Crippen LogP contribution in [-0.2, 0) is 15.9 Å². The van der Waals surface area contributed by atoms with Crippen molar-refractivity contribution in [2.45, 2.75) is 18.4 Å². The molecule has 1 aliphatic carbocycles. The summed E-state index contributed by atoms with van der Waals surface area (Å²) >= 11 is 0. The van der Waals surface area contributed by atoms with Gasteiger partial charge in [0.25, 0.3) is 0 Å². The number of esters is 1. The molecule has 4 aromatic carbocycles. The first kappa shape index (κ1) is 25.6. The zero-order valence-corrected chi connectivity index (χ0v) is 21.1. The Morgan fingerprint density at radius 3 is 2.08 bits per heavy atom. The largest absolute Gasteiger partial charge is 0.460 e.